The Morgan fingerprint density at radius 1 is 1.15 bits per heavy atom. The van der Waals surface area contributed by atoms with E-state index in [1.54, 1.807) is 0 Å². The number of aliphatic imine (C=N–C) groups is 1. The molecule has 0 radical (unpaired) electrons. The lowest BCUT2D eigenvalue weighted by Gasteiger charge is -2.18. The van der Waals surface area contributed by atoms with Gasteiger partial charge in [0.1, 0.15) is 0 Å². The number of carbonyl (C=O) groups excluding carboxylic acids is 1. The molecule has 2 rings (SSSR count). The Kier molecular flexibility index (Phi) is 11.8. The van der Waals surface area contributed by atoms with Crippen LogP contribution >= 0.6 is 35.7 Å². The Bertz CT molecular complexity index is 580. The van der Waals surface area contributed by atoms with Crippen molar-refractivity contribution in [2.75, 3.05) is 27.2 Å². The molecule has 1 fully saturated rings. The van der Waals surface area contributed by atoms with Crippen LogP contribution in [0.1, 0.15) is 44.9 Å². The van der Waals surface area contributed by atoms with Gasteiger partial charge in [-0.2, -0.15) is 0 Å². The van der Waals surface area contributed by atoms with E-state index in [-0.39, 0.29) is 29.9 Å². The first-order valence-electron chi connectivity index (χ1n) is 9.43. The number of guanidine groups is 1. The number of unbranched alkanes of at least 4 members (excludes halogenated alkanes) is 3. The van der Waals surface area contributed by atoms with Crippen molar-refractivity contribution in [2.45, 2.75) is 54.6 Å². The Morgan fingerprint density at radius 2 is 1.85 bits per heavy atom. The maximum atomic E-state index is 11.0. The molecule has 0 unspecified atom stereocenters. The number of nitrogens with one attached hydrogen (secondary N) is 2. The molecule has 0 atom stereocenters. The normalized spacial score (nSPS) is 14.8. The summed E-state index contributed by atoms with van der Waals surface area (Å²) < 4.78 is 4.96. The van der Waals surface area contributed by atoms with Crippen LogP contribution in [0, 0.1) is 0 Å². The van der Waals surface area contributed by atoms with Crippen molar-refractivity contribution >= 4 is 47.7 Å². The zero-order valence-electron chi connectivity index (χ0n) is 16.3. The predicted octanol–water partition coefficient (Wildman–Crippen LogP) is 4.22. The van der Waals surface area contributed by atoms with E-state index in [1.165, 1.54) is 24.8 Å². The lowest BCUT2D eigenvalue weighted by Crippen LogP contribution is -2.41. The van der Waals surface area contributed by atoms with Gasteiger partial charge in [-0.15, -0.1) is 35.7 Å². The molecule has 0 amide bonds. The number of benzene rings is 1. The van der Waals surface area contributed by atoms with E-state index in [2.05, 4.69) is 50.7 Å². The van der Waals surface area contributed by atoms with Gasteiger partial charge in [-0.3, -0.25) is 9.79 Å². The lowest BCUT2D eigenvalue weighted by atomic mass is 10.1. The fraction of sp³-hybridized carbons (Fsp3) is 0.600. The largest absolute Gasteiger partial charge is 0.469 e. The molecule has 1 aliphatic rings. The predicted molar refractivity (Wildman–Crippen MR) is 124 cm³/mol. The topological polar surface area (TPSA) is 62.7 Å². The number of esters is 1. The minimum atomic E-state index is -0.116. The van der Waals surface area contributed by atoms with Crippen LogP contribution in [0.15, 0.2) is 40.2 Å². The molecule has 152 valence electrons. The molecule has 0 spiro atoms. The van der Waals surface area contributed by atoms with Crippen LogP contribution in [-0.4, -0.2) is 43.9 Å². The maximum absolute atomic E-state index is 11.0. The molecule has 0 aliphatic heterocycles. The van der Waals surface area contributed by atoms with Crippen LogP contribution in [0.2, 0.25) is 0 Å². The highest BCUT2D eigenvalue weighted by molar-refractivity contribution is 14.0. The van der Waals surface area contributed by atoms with Crippen molar-refractivity contribution < 1.29 is 9.53 Å². The summed E-state index contributed by atoms with van der Waals surface area (Å²) in [6.07, 6.45) is 7.15. The minimum Gasteiger partial charge on any atom is -0.469 e. The van der Waals surface area contributed by atoms with Gasteiger partial charge < -0.3 is 15.4 Å². The summed E-state index contributed by atoms with van der Waals surface area (Å²) in [7, 11) is 3.25. The van der Waals surface area contributed by atoms with E-state index in [4.69, 9.17) is 0 Å². The summed E-state index contributed by atoms with van der Waals surface area (Å²) in [6, 6.07) is 10.6. The van der Waals surface area contributed by atoms with Crippen molar-refractivity contribution in [1.82, 2.24) is 10.6 Å². The Hall–Kier alpha value is -0.960. The van der Waals surface area contributed by atoms with E-state index in [9.17, 15) is 4.79 Å². The molecular weight excluding hydrogens is 473 g/mol. The van der Waals surface area contributed by atoms with Gasteiger partial charge in [0.25, 0.3) is 0 Å². The lowest BCUT2D eigenvalue weighted by molar-refractivity contribution is -0.140. The second kappa shape index (κ2) is 13.3. The van der Waals surface area contributed by atoms with E-state index in [0.717, 1.165) is 44.7 Å². The Labute approximate surface area is 184 Å². The monoisotopic (exact) mass is 505 g/mol. The highest BCUT2D eigenvalue weighted by atomic mass is 127. The second-order valence-corrected chi connectivity index (χ2v) is 8.23. The molecule has 1 aliphatic carbocycles. The molecular formula is C20H32IN3O2S. The molecule has 2 N–H and O–H groups in total. The molecule has 7 heteroatoms. The van der Waals surface area contributed by atoms with Crippen LogP contribution in [0.5, 0.6) is 0 Å². The second-order valence-electron chi connectivity index (χ2n) is 6.69. The highest BCUT2D eigenvalue weighted by Gasteiger charge is 2.43. The standard InChI is InChI=1S/C20H31N3O2S.HI/c1-21-19(22-15-9-4-3-8-12-18(24)25-2)23-16-20(13-14-20)26-17-10-6-5-7-11-17;/h5-7,10-11H,3-4,8-9,12-16H2,1-2H3,(H2,21,22,23);1H. The summed E-state index contributed by atoms with van der Waals surface area (Å²) in [4.78, 5) is 16.7. The molecule has 5 nitrogen and oxygen atoms in total. The van der Waals surface area contributed by atoms with E-state index in [1.807, 2.05) is 18.8 Å². The quantitative estimate of drug-likeness (QED) is 0.155. The minimum absolute atomic E-state index is 0. The van der Waals surface area contributed by atoms with Gasteiger partial charge in [0.2, 0.25) is 0 Å². The summed E-state index contributed by atoms with van der Waals surface area (Å²) in [5.41, 5.74) is 0. The third kappa shape index (κ3) is 9.69. The van der Waals surface area contributed by atoms with Crippen LogP contribution in [0.25, 0.3) is 0 Å². The summed E-state index contributed by atoms with van der Waals surface area (Å²) >= 11 is 1.97. The van der Waals surface area contributed by atoms with Gasteiger partial charge in [-0.25, -0.2) is 0 Å². The van der Waals surface area contributed by atoms with Crippen molar-refractivity contribution in [3.63, 3.8) is 0 Å². The number of hydrogen-bond acceptors (Lipinski definition) is 4. The fourth-order valence-electron chi connectivity index (χ4n) is 2.72. The van der Waals surface area contributed by atoms with E-state index >= 15 is 0 Å². The summed E-state index contributed by atoms with van der Waals surface area (Å²) in [5.74, 6) is 0.759. The summed E-state index contributed by atoms with van der Waals surface area (Å²) in [6.45, 7) is 1.84. The molecule has 0 aromatic heterocycles. The highest BCUT2D eigenvalue weighted by Crippen LogP contribution is 2.51. The van der Waals surface area contributed by atoms with Crippen molar-refractivity contribution in [1.29, 1.82) is 0 Å². The average Bonchev–Trinajstić information content (AvgIpc) is 3.43. The van der Waals surface area contributed by atoms with Crippen molar-refractivity contribution in [3.8, 4) is 0 Å². The molecule has 1 aromatic carbocycles. The molecule has 1 aromatic rings. The number of carbonyl (C=O) groups is 1. The van der Waals surface area contributed by atoms with Crippen molar-refractivity contribution in [2.24, 2.45) is 4.99 Å². The van der Waals surface area contributed by atoms with Gasteiger partial charge in [0.05, 0.1) is 7.11 Å². The average molecular weight is 505 g/mol. The maximum Gasteiger partial charge on any atom is 0.305 e. The Balaban J connectivity index is 0.00000364. The van der Waals surface area contributed by atoms with Gasteiger partial charge in [-0.1, -0.05) is 31.0 Å². The third-order valence-electron chi connectivity index (χ3n) is 4.51. The van der Waals surface area contributed by atoms with Crippen LogP contribution in [0.3, 0.4) is 0 Å². The number of hydrogen-bond donors (Lipinski definition) is 2. The first kappa shape index (κ1) is 24.1. The zero-order chi connectivity index (χ0) is 18.7. The molecule has 1 saturated carbocycles. The number of nitrogens with zero attached hydrogens (tertiary/aromatic N) is 1. The van der Waals surface area contributed by atoms with Gasteiger partial charge in [0, 0.05) is 36.2 Å². The van der Waals surface area contributed by atoms with Gasteiger partial charge in [0.15, 0.2) is 5.96 Å². The first-order chi connectivity index (χ1) is 12.7. The van der Waals surface area contributed by atoms with Gasteiger partial charge in [-0.05, 0) is 37.8 Å². The fourth-order valence-corrected chi connectivity index (χ4v) is 3.96. The van der Waals surface area contributed by atoms with E-state index < -0.39 is 0 Å². The molecule has 0 saturated heterocycles. The SMILES string of the molecule is CN=C(NCCCCCCC(=O)OC)NCC1(Sc2ccccc2)CC1.I. The molecule has 0 bridgehead atoms. The van der Waals surface area contributed by atoms with Crippen molar-refractivity contribution in [3.05, 3.63) is 30.3 Å². The third-order valence-corrected chi connectivity index (χ3v) is 6.01. The number of methoxy groups -OCH3 is 1. The van der Waals surface area contributed by atoms with Crippen LogP contribution in [-0.2, 0) is 9.53 Å². The Morgan fingerprint density at radius 3 is 2.48 bits per heavy atom. The smallest absolute Gasteiger partial charge is 0.305 e. The van der Waals surface area contributed by atoms with Crippen LogP contribution < -0.4 is 10.6 Å². The number of halogens is 1. The number of thioether (sulfide) groups is 1. The zero-order valence-corrected chi connectivity index (χ0v) is 19.5. The van der Waals surface area contributed by atoms with Crippen LogP contribution in [0.4, 0.5) is 0 Å². The molecule has 0 heterocycles. The number of ether oxygens (including phenoxy) is 1. The summed E-state index contributed by atoms with van der Waals surface area (Å²) in [5, 5.41) is 6.86. The first-order valence-corrected chi connectivity index (χ1v) is 10.2. The van der Waals surface area contributed by atoms with E-state index in [0.29, 0.717) is 11.2 Å². The van der Waals surface area contributed by atoms with Gasteiger partial charge >= 0.3 is 5.97 Å². The molecule has 27 heavy (non-hydrogen) atoms. The number of rotatable bonds is 11.